The van der Waals surface area contributed by atoms with Crippen LogP contribution in [-0.2, 0) is 13.5 Å². The summed E-state index contributed by atoms with van der Waals surface area (Å²) in [4.78, 5) is 4.29. The van der Waals surface area contributed by atoms with Gasteiger partial charge >= 0.3 is 0 Å². The Hall–Kier alpha value is -1.32. The van der Waals surface area contributed by atoms with Crippen LogP contribution >= 0.6 is 11.6 Å². The monoisotopic (exact) mass is 264 g/mol. The van der Waals surface area contributed by atoms with Crippen molar-refractivity contribution in [3.05, 3.63) is 53.1 Å². The summed E-state index contributed by atoms with van der Waals surface area (Å²) in [6.45, 7) is 0.130. The molecule has 0 radical (unpaired) electrons. The van der Waals surface area contributed by atoms with E-state index in [0.29, 0.717) is 5.02 Å². The SMILES string of the molecule is Cn1ccnc1CCC(CO)c1cccc(Cl)c1. The summed E-state index contributed by atoms with van der Waals surface area (Å²) in [5.41, 5.74) is 1.08. The van der Waals surface area contributed by atoms with E-state index < -0.39 is 0 Å². The van der Waals surface area contributed by atoms with Crippen LogP contribution in [0.4, 0.5) is 0 Å². The Balaban J connectivity index is 2.04. The zero-order valence-electron chi connectivity index (χ0n) is 10.4. The maximum Gasteiger partial charge on any atom is 0.108 e. The fourth-order valence-corrected chi connectivity index (χ4v) is 2.26. The van der Waals surface area contributed by atoms with E-state index >= 15 is 0 Å². The van der Waals surface area contributed by atoms with Crippen molar-refractivity contribution in [2.75, 3.05) is 6.61 Å². The van der Waals surface area contributed by atoms with E-state index in [2.05, 4.69) is 4.98 Å². The number of aromatic nitrogens is 2. The lowest BCUT2D eigenvalue weighted by molar-refractivity contribution is 0.258. The maximum atomic E-state index is 9.50. The molecule has 1 atom stereocenters. The molecule has 1 heterocycles. The second-order valence-electron chi connectivity index (χ2n) is 4.43. The lowest BCUT2D eigenvalue weighted by atomic mass is 9.95. The number of hydrogen-bond acceptors (Lipinski definition) is 2. The Morgan fingerprint density at radius 3 is 2.89 bits per heavy atom. The Kier molecular flexibility index (Phi) is 4.39. The van der Waals surface area contributed by atoms with Crippen LogP contribution in [0, 0.1) is 0 Å². The van der Waals surface area contributed by atoms with Gasteiger partial charge in [-0.1, -0.05) is 23.7 Å². The minimum atomic E-state index is 0.111. The minimum Gasteiger partial charge on any atom is -0.396 e. The molecule has 0 bridgehead atoms. The number of hydrogen-bond donors (Lipinski definition) is 1. The van der Waals surface area contributed by atoms with Crippen molar-refractivity contribution in [3.8, 4) is 0 Å². The van der Waals surface area contributed by atoms with Gasteiger partial charge < -0.3 is 9.67 Å². The smallest absolute Gasteiger partial charge is 0.108 e. The molecule has 2 rings (SSSR count). The van der Waals surface area contributed by atoms with Gasteiger partial charge in [-0.2, -0.15) is 0 Å². The van der Waals surface area contributed by atoms with Crippen molar-refractivity contribution in [2.45, 2.75) is 18.8 Å². The third kappa shape index (κ3) is 3.12. The third-order valence-corrected chi connectivity index (χ3v) is 3.41. The zero-order valence-corrected chi connectivity index (χ0v) is 11.1. The number of nitrogens with zero attached hydrogens (tertiary/aromatic N) is 2. The summed E-state index contributed by atoms with van der Waals surface area (Å²) < 4.78 is 2.01. The van der Waals surface area contributed by atoms with E-state index in [9.17, 15) is 5.11 Å². The molecule has 4 heteroatoms. The van der Waals surface area contributed by atoms with Crippen LogP contribution in [0.5, 0.6) is 0 Å². The van der Waals surface area contributed by atoms with Gasteiger partial charge in [0.05, 0.1) is 0 Å². The van der Waals surface area contributed by atoms with Gasteiger partial charge in [-0.05, 0) is 24.1 Å². The average molecular weight is 265 g/mol. The number of aryl methyl sites for hydroxylation is 2. The molecule has 0 saturated carbocycles. The molecular weight excluding hydrogens is 248 g/mol. The van der Waals surface area contributed by atoms with E-state index in [1.165, 1.54) is 0 Å². The van der Waals surface area contributed by atoms with Crippen LogP contribution in [0.15, 0.2) is 36.7 Å². The molecule has 0 aliphatic rings. The highest BCUT2D eigenvalue weighted by Gasteiger charge is 2.12. The molecule has 2 aromatic rings. The molecule has 0 saturated heterocycles. The van der Waals surface area contributed by atoms with E-state index in [4.69, 9.17) is 11.6 Å². The highest BCUT2D eigenvalue weighted by molar-refractivity contribution is 6.30. The van der Waals surface area contributed by atoms with Crippen molar-refractivity contribution in [1.29, 1.82) is 0 Å². The van der Waals surface area contributed by atoms with Gasteiger partial charge in [-0.25, -0.2) is 4.98 Å². The second kappa shape index (κ2) is 6.03. The highest BCUT2D eigenvalue weighted by atomic mass is 35.5. The summed E-state index contributed by atoms with van der Waals surface area (Å²) in [6.07, 6.45) is 5.44. The molecule has 0 aliphatic heterocycles. The van der Waals surface area contributed by atoms with Crippen LogP contribution in [0.3, 0.4) is 0 Å². The summed E-state index contributed by atoms with van der Waals surface area (Å²) >= 11 is 5.97. The first kappa shape index (κ1) is 13.1. The largest absolute Gasteiger partial charge is 0.396 e. The second-order valence-corrected chi connectivity index (χ2v) is 4.86. The number of halogens is 1. The molecule has 18 heavy (non-hydrogen) atoms. The molecule has 96 valence electrons. The number of aliphatic hydroxyl groups is 1. The number of imidazole rings is 1. The molecule has 0 aliphatic carbocycles. The van der Waals surface area contributed by atoms with Crippen LogP contribution in [0.2, 0.25) is 5.02 Å². The van der Waals surface area contributed by atoms with Gasteiger partial charge in [0.1, 0.15) is 5.82 Å². The Labute approximate surface area is 112 Å². The molecule has 1 unspecified atom stereocenters. The van der Waals surface area contributed by atoms with Crippen LogP contribution in [0.1, 0.15) is 23.7 Å². The van der Waals surface area contributed by atoms with Crippen LogP contribution < -0.4 is 0 Å². The topological polar surface area (TPSA) is 38.0 Å². The first-order valence-electron chi connectivity index (χ1n) is 6.03. The van der Waals surface area contributed by atoms with Crippen LogP contribution in [0.25, 0.3) is 0 Å². The fourth-order valence-electron chi connectivity index (χ4n) is 2.06. The van der Waals surface area contributed by atoms with Gasteiger partial charge in [-0.15, -0.1) is 0 Å². The molecule has 1 aromatic carbocycles. The quantitative estimate of drug-likeness (QED) is 0.902. The average Bonchev–Trinajstić information content (AvgIpc) is 2.76. The molecule has 1 aromatic heterocycles. The molecular formula is C14H17ClN2O. The van der Waals surface area contributed by atoms with Crippen LogP contribution in [-0.4, -0.2) is 21.3 Å². The standard InChI is InChI=1S/C14H17ClN2O/c1-17-8-7-16-14(17)6-5-12(10-18)11-3-2-4-13(15)9-11/h2-4,7-9,12,18H,5-6,10H2,1H3. The highest BCUT2D eigenvalue weighted by Crippen LogP contribution is 2.23. The van der Waals surface area contributed by atoms with Crippen molar-refractivity contribution < 1.29 is 5.11 Å². The maximum absolute atomic E-state index is 9.50. The summed E-state index contributed by atoms with van der Waals surface area (Å²) in [6, 6.07) is 7.69. The molecule has 1 N–H and O–H groups in total. The predicted molar refractivity (Wildman–Crippen MR) is 72.8 cm³/mol. The number of aliphatic hydroxyl groups excluding tert-OH is 1. The molecule has 0 fully saturated rings. The summed E-state index contributed by atoms with van der Waals surface area (Å²) in [5, 5.41) is 10.2. The lowest BCUT2D eigenvalue weighted by Crippen LogP contribution is -2.07. The minimum absolute atomic E-state index is 0.111. The van der Waals surface area contributed by atoms with Gasteiger partial charge in [0, 0.05) is 43.4 Å². The molecule has 0 amide bonds. The van der Waals surface area contributed by atoms with Gasteiger partial charge in [0.25, 0.3) is 0 Å². The van der Waals surface area contributed by atoms with E-state index in [1.54, 1.807) is 6.20 Å². The Bertz CT molecular complexity index is 510. The van der Waals surface area contributed by atoms with Gasteiger partial charge in [0.15, 0.2) is 0 Å². The Morgan fingerprint density at radius 1 is 1.44 bits per heavy atom. The zero-order chi connectivity index (χ0) is 13.0. The summed E-state index contributed by atoms with van der Waals surface area (Å²) in [5.74, 6) is 1.15. The van der Waals surface area contributed by atoms with Crippen molar-refractivity contribution in [1.82, 2.24) is 9.55 Å². The molecule has 0 spiro atoms. The van der Waals surface area contributed by atoms with Crippen molar-refractivity contribution in [3.63, 3.8) is 0 Å². The van der Waals surface area contributed by atoms with E-state index in [1.807, 2.05) is 42.1 Å². The Morgan fingerprint density at radius 2 is 2.28 bits per heavy atom. The van der Waals surface area contributed by atoms with Crippen molar-refractivity contribution >= 4 is 11.6 Å². The van der Waals surface area contributed by atoms with E-state index in [0.717, 1.165) is 24.2 Å². The normalized spacial score (nSPS) is 12.6. The van der Waals surface area contributed by atoms with Gasteiger partial charge in [0.2, 0.25) is 0 Å². The lowest BCUT2D eigenvalue weighted by Gasteiger charge is -2.14. The third-order valence-electron chi connectivity index (χ3n) is 3.18. The number of benzene rings is 1. The van der Waals surface area contributed by atoms with Gasteiger partial charge in [-0.3, -0.25) is 0 Å². The summed E-state index contributed by atoms with van der Waals surface area (Å²) in [7, 11) is 1.98. The number of rotatable bonds is 5. The first-order valence-corrected chi connectivity index (χ1v) is 6.41. The fraction of sp³-hybridized carbons (Fsp3) is 0.357. The van der Waals surface area contributed by atoms with Crippen molar-refractivity contribution in [2.24, 2.45) is 7.05 Å². The molecule has 3 nitrogen and oxygen atoms in total. The van der Waals surface area contributed by atoms with E-state index in [-0.39, 0.29) is 12.5 Å². The first-order chi connectivity index (χ1) is 8.70. The predicted octanol–water partition coefficient (Wildman–Crippen LogP) is 2.78.